The van der Waals surface area contributed by atoms with Gasteiger partial charge in [-0.1, -0.05) is 19.1 Å². The summed E-state index contributed by atoms with van der Waals surface area (Å²) in [6, 6.07) is 13.2. The number of fused-ring (bicyclic) bond motifs is 1. The quantitative estimate of drug-likeness (QED) is 0.564. The normalized spacial score (nSPS) is 14.3. The van der Waals surface area contributed by atoms with Gasteiger partial charge >= 0.3 is 0 Å². The number of rotatable bonds is 4. The first-order chi connectivity index (χ1) is 12.3. The molecule has 0 N–H and O–H groups in total. The number of pyridine rings is 1. The van der Waals surface area contributed by atoms with Crippen LogP contribution in [0, 0.1) is 0 Å². The molecule has 4 aromatic rings. The van der Waals surface area contributed by atoms with Crippen LogP contribution in [0.15, 0.2) is 55.0 Å². The van der Waals surface area contributed by atoms with Crippen molar-refractivity contribution in [3.8, 4) is 16.9 Å². The molecule has 3 aromatic heterocycles. The van der Waals surface area contributed by atoms with Crippen molar-refractivity contribution in [1.29, 1.82) is 0 Å². The Labute approximate surface area is 145 Å². The zero-order chi connectivity index (χ0) is 16.8. The fraction of sp³-hybridized carbons (Fsp3) is 0.250. The number of aromatic nitrogens is 5. The molecule has 5 rings (SSSR count). The Morgan fingerprint density at radius 1 is 1.04 bits per heavy atom. The molecule has 1 saturated carbocycles. The van der Waals surface area contributed by atoms with Gasteiger partial charge in [-0.15, -0.1) is 0 Å². The van der Waals surface area contributed by atoms with Gasteiger partial charge in [-0.2, -0.15) is 10.2 Å². The number of benzene rings is 1. The smallest absolute Gasteiger partial charge is 0.0741 e. The van der Waals surface area contributed by atoms with Crippen molar-refractivity contribution < 1.29 is 0 Å². The molecule has 0 spiro atoms. The van der Waals surface area contributed by atoms with Crippen LogP contribution in [0.2, 0.25) is 0 Å². The molecule has 0 atom stereocenters. The molecule has 0 bridgehead atoms. The highest BCUT2D eigenvalue weighted by Gasteiger charge is 2.27. The molecule has 1 aliphatic rings. The van der Waals surface area contributed by atoms with Gasteiger partial charge in [0.25, 0.3) is 0 Å². The Morgan fingerprint density at radius 3 is 2.64 bits per heavy atom. The predicted octanol–water partition coefficient (Wildman–Crippen LogP) is 4.18. The van der Waals surface area contributed by atoms with Crippen LogP contribution in [0.1, 0.15) is 31.5 Å². The van der Waals surface area contributed by atoms with Gasteiger partial charge in [-0.05, 0) is 43.5 Å². The molecule has 0 radical (unpaired) electrons. The minimum Gasteiger partial charge on any atom is -0.265 e. The molecule has 0 unspecified atom stereocenters. The molecule has 3 heterocycles. The summed E-state index contributed by atoms with van der Waals surface area (Å²) in [5.41, 5.74) is 5.68. The van der Waals surface area contributed by atoms with E-state index in [0.29, 0.717) is 6.04 Å². The van der Waals surface area contributed by atoms with Crippen LogP contribution in [0.5, 0.6) is 0 Å². The van der Waals surface area contributed by atoms with E-state index in [0.717, 1.165) is 23.4 Å². The molecular weight excluding hydrogens is 310 g/mol. The van der Waals surface area contributed by atoms with Gasteiger partial charge < -0.3 is 0 Å². The molecule has 1 aliphatic carbocycles. The monoisotopic (exact) mass is 329 g/mol. The maximum atomic E-state index is 4.86. The molecule has 124 valence electrons. The van der Waals surface area contributed by atoms with Crippen molar-refractivity contribution in [2.75, 3.05) is 0 Å². The summed E-state index contributed by atoms with van der Waals surface area (Å²) in [6.07, 6.45) is 8.86. The number of hydrogen-bond donors (Lipinski definition) is 0. The van der Waals surface area contributed by atoms with E-state index in [9.17, 15) is 0 Å². The van der Waals surface area contributed by atoms with E-state index in [2.05, 4.69) is 46.0 Å². The Balaban J connectivity index is 1.67. The van der Waals surface area contributed by atoms with E-state index in [-0.39, 0.29) is 0 Å². The summed E-state index contributed by atoms with van der Waals surface area (Å²) in [5, 5.41) is 10.6. The summed E-state index contributed by atoms with van der Waals surface area (Å²) in [5.74, 6) is 0. The molecule has 0 amide bonds. The van der Waals surface area contributed by atoms with E-state index in [4.69, 9.17) is 5.10 Å². The average molecular weight is 329 g/mol. The second kappa shape index (κ2) is 5.55. The molecule has 1 fully saturated rings. The summed E-state index contributed by atoms with van der Waals surface area (Å²) in [4.78, 5) is 4.10. The number of nitrogens with zero attached hydrogens (tertiary/aromatic N) is 5. The summed E-state index contributed by atoms with van der Waals surface area (Å²) >= 11 is 0. The third-order valence-corrected chi connectivity index (χ3v) is 4.86. The molecular formula is C20H19N5. The van der Waals surface area contributed by atoms with Gasteiger partial charge in [0, 0.05) is 23.3 Å². The van der Waals surface area contributed by atoms with Crippen LogP contribution in [-0.4, -0.2) is 24.5 Å². The molecule has 5 nitrogen and oxygen atoms in total. The highest BCUT2D eigenvalue weighted by atomic mass is 15.3. The topological polar surface area (TPSA) is 48.5 Å². The molecule has 5 heteroatoms. The Kier molecular flexibility index (Phi) is 3.20. The maximum absolute atomic E-state index is 4.86. The van der Waals surface area contributed by atoms with Crippen LogP contribution in [0.25, 0.3) is 27.8 Å². The van der Waals surface area contributed by atoms with Gasteiger partial charge in [0.2, 0.25) is 0 Å². The Hall–Kier alpha value is -2.95. The molecule has 0 saturated heterocycles. The Morgan fingerprint density at radius 2 is 1.88 bits per heavy atom. The van der Waals surface area contributed by atoms with E-state index in [1.807, 2.05) is 23.0 Å². The number of hydrogen-bond acceptors (Lipinski definition) is 3. The van der Waals surface area contributed by atoms with E-state index in [1.54, 1.807) is 12.4 Å². The molecule has 1 aromatic carbocycles. The largest absolute Gasteiger partial charge is 0.265 e. The third kappa shape index (κ3) is 2.35. The second-order valence-corrected chi connectivity index (χ2v) is 6.54. The highest BCUT2D eigenvalue weighted by Crippen LogP contribution is 2.38. The average Bonchev–Trinajstić information content (AvgIpc) is 3.27. The predicted molar refractivity (Wildman–Crippen MR) is 97.7 cm³/mol. The summed E-state index contributed by atoms with van der Waals surface area (Å²) in [6.45, 7) is 2.17. The fourth-order valence-corrected chi connectivity index (χ4v) is 3.43. The van der Waals surface area contributed by atoms with E-state index >= 15 is 0 Å². The molecule has 25 heavy (non-hydrogen) atoms. The lowest BCUT2D eigenvalue weighted by Crippen LogP contribution is -1.99. The van der Waals surface area contributed by atoms with Crippen LogP contribution in [0.3, 0.4) is 0 Å². The first kappa shape index (κ1) is 14.4. The van der Waals surface area contributed by atoms with Crippen molar-refractivity contribution in [1.82, 2.24) is 24.5 Å². The standard InChI is InChI=1S/C20H19N5/c1-2-18-17-6-3-14(13-20(17)25(23-18)15-4-5-15)19-9-12-22-24(19)16-7-10-21-11-8-16/h3,6-13,15H,2,4-5H2,1H3. The van der Waals surface area contributed by atoms with Gasteiger partial charge in [0.05, 0.1) is 34.8 Å². The van der Waals surface area contributed by atoms with Crippen LogP contribution < -0.4 is 0 Å². The minimum absolute atomic E-state index is 0.572. The van der Waals surface area contributed by atoms with Crippen molar-refractivity contribution >= 4 is 10.9 Å². The van der Waals surface area contributed by atoms with E-state index in [1.165, 1.54) is 29.4 Å². The second-order valence-electron chi connectivity index (χ2n) is 6.54. The van der Waals surface area contributed by atoms with E-state index < -0.39 is 0 Å². The van der Waals surface area contributed by atoms with Crippen molar-refractivity contribution in [2.24, 2.45) is 0 Å². The lowest BCUT2D eigenvalue weighted by molar-refractivity contribution is 0.653. The lowest BCUT2D eigenvalue weighted by Gasteiger charge is -2.08. The fourth-order valence-electron chi connectivity index (χ4n) is 3.43. The maximum Gasteiger partial charge on any atom is 0.0741 e. The molecule has 0 aliphatic heterocycles. The zero-order valence-corrected chi connectivity index (χ0v) is 14.1. The highest BCUT2D eigenvalue weighted by molar-refractivity contribution is 5.86. The third-order valence-electron chi connectivity index (χ3n) is 4.86. The van der Waals surface area contributed by atoms with Crippen molar-refractivity contribution in [3.05, 3.63) is 60.7 Å². The van der Waals surface area contributed by atoms with Crippen molar-refractivity contribution in [2.45, 2.75) is 32.2 Å². The zero-order valence-electron chi connectivity index (χ0n) is 14.1. The summed E-state index contributed by atoms with van der Waals surface area (Å²) in [7, 11) is 0. The Bertz CT molecular complexity index is 1040. The van der Waals surface area contributed by atoms with Crippen LogP contribution in [-0.2, 0) is 6.42 Å². The van der Waals surface area contributed by atoms with Crippen molar-refractivity contribution in [3.63, 3.8) is 0 Å². The van der Waals surface area contributed by atoms with Crippen LogP contribution in [0.4, 0.5) is 0 Å². The first-order valence-electron chi connectivity index (χ1n) is 8.81. The first-order valence-corrected chi connectivity index (χ1v) is 8.81. The van der Waals surface area contributed by atoms with Gasteiger partial charge in [0.15, 0.2) is 0 Å². The number of aryl methyl sites for hydroxylation is 1. The van der Waals surface area contributed by atoms with Gasteiger partial charge in [-0.3, -0.25) is 9.67 Å². The lowest BCUT2D eigenvalue weighted by atomic mass is 10.1. The SMILES string of the molecule is CCc1nn(C2CC2)c2cc(-c3ccnn3-c3ccncc3)ccc12. The summed E-state index contributed by atoms with van der Waals surface area (Å²) < 4.78 is 4.19. The van der Waals surface area contributed by atoms with Crippen LogP contribution >= 0.6 is 0 Å². The van der Waals surface area contributed by atoms with Gasteiger partial charge in [-0.25, -0.2) is 4.68 Å². The minimum atomic E-state index is 0.572. The van der Waals surface area contributed by atoms with Gasteiger partial charge in [0.1, 0.15) is 0 Å².